The fourth-order valence-electron chi connectivity index (χ4n) is 2.97. The van der Waals surface area contributed by atoms with Crippen molar-refractivity contribution in [2.24, 2.45) is 5.92 Å². The van der Waals surface area contributed by atoms with Gasteiger partial charge in [0.15, 0.2) is 11.5 Å². The number of benzene rings is 1. The maximum atomic E-state index is 11.8. The summed E-state index contributed by atoms with van der Waals surface area (Å²) >= 11 is 0. The van der Waals surface area contributed by atoms with E-state index in [2.05, 4.69) is 19.2 Å². The van der Waals surface area contributed by atoms with Crippen LogP contribution in [-0.4, -0.2) is 26.2 Å². The minimum Gasteiger partial charge on any atom is -0.493 e. The van der Waals surface area contributed by atoms with Crippen LogP contribution in [0.2, 0.25) is 0 Å². The second kappa shape index (κ2) is 6.16. The first-order chi connectivity index (χ1) is 9.56. The number of amides is 1. The molecule has 0 spiro atoms. The number of ether oxygens (including phenoxy) is 2. The molecule has 1 aliphatic rings. The number of hydrogen-bond acceptors (Lipinski definition) is 3. The van der Waals surface area contributed by atoms with Gasteiger partial charge in [-0.3, -0.25) is 4.79 Å². The Balaban J connectivity index is 2.36. The van der Waals surface area contributed by atoms with Crippen molar-refractivity contribution < 1.29 is 14.3 Å². The summed E-state index contributed by atoms with van der Waals surface area (Å²) < 4.78 is 10.9. The molecule has 0 saturated carbocycles. The number of carbonyl (C=O) groups is 1. The van der Waals surface area contributed by atoms with Gasteiger partial charge in [0.05, 0.1) is 14.2 Å². The Morgan fingerprint density at radius 3 is 2.65 bits per heavy atom. The lowest BCUT2D eigenvalue weighted by Crippen LogP contribution is -2.29. The molecule has 1 aromatic carbocycles. The van der Waals surface area contributed by atoms with E-state index >= 15 is 0 Å². The molecule has 1 amide bonds. The number of hydrogen-bond donors (Lipinski definition) is 1. The molecule has 0 aliphatic carbocycles. The van der Waals surface area contributed by atoms with Gasteiger partial charge in [-0.15, -0.1) is 0 Å². The number of para-hydroxylation sites is 1. The summed E-state index contributed by atoms with van der Waals surface area (Å²) in [6, 6.07) is 6.03. The fourth-order valence-corrected chi connectivity index (χ4v) is 2.97. The number of rotatable bonds is 5. The highest BCUT2D eigenvalue weighted by molar-refractivity contribution is 5.80. The molecule has 1 aromatic rings. The molecule has 1 saturated heterocycles. The van der Waals surface area contributed by atoms with Gasteiger partial charge in [-0.25, -0.2) is 0 Å². The van der Waals surface area contributed by atoms with E-state index in [0.717, 1.165) is 17.7 Å². The monoisotopic (exact) mass is 277 g/mol. The molecule has 0 aromatic heterocycles. The first-order valence-electron chi connectivity index (χ1n) is 7.07. The molecule has 20 heavy (non-hydrogen) atoms. The van der Waals surface area contributed by atoms with Crippen molar-refractivity contribution in [1.29, 1.82) is 0 Å². The van der Waals surface area contributed by atoms with Crippen LogP contribution < -0.4 is 14.8 Å². The summed E-state index contributed by atoms with van der Waals surface area (Å²) in [7, 11) is 3.27. The molecule has 4 heteroatoms. The SMILES string of the molecule is COc1cccc(C2CC(=O)NC2CC(C)C)c1OC. The van der Waals surface area contributed by atoms with Crippen LogP contribution in [0, 0.1) is 5.92 Å². The zero-order chi connectivity index (χ0) is 14.7. The molecule has 2 atom stereocenters. The van der Waals surface area contributed by atoms with Crippen molar-refractivity contribution in [3.8, 4) is 11.5 Å². The van der Waals surface area contributed by atoms with Gasteiger partial charge in [0.25, 0.3) is 0 Å². The van der Waals surface area contributed by atoms with E-state index in [4.69, 9.17) is 9.47 Å². The quantitative estimate of drug-likeness (QED) is 0.900. The Bertz CT molecular complexity index is 485. The standard InChI is InChI=1S/C16H23NO3/c1-10(2)8-13-12(9-15(18)17-13)11-6-5-7-14(19-3)16(11)20-4/h5-7,10,12-13H,8-9H2,1-4H3,(H,17,18). The van der Waals surface area contributed by atoms with Gasteiger partial charge in [-0.2, -0.15) is 0 Å². The van der Waals surface area contributed by atoms with Gasteiger partial charge in [0.2, 0.25) is 5.91 Å². The van der Waals surface area contributed by atoms with Crippen molar-refractivity contribution in [3.63, 3.8) is 0 Å². The van der Waals surface area contributed by atoms with Gasteiger partial charge in [0, 0.05) is 23.9 Å². The lowest BCUT2D eigenvalue weighted by molar-refractivity contribution is -0.119. The molecule has 4 nitrogen and oxygen atoms in total. The van der Waals surface area contributed by atoms with Crippen LogP contribution in [0.5, 0.6) is 11.5 Å². The molecule has 0 radical (unpaired) electrons. The van der Waals surface area contributed by atoms with Crippen molar-refractivity contribution in [2.45, 2.75) is 38.6 Å². The predicted octanol–water partition coefficient (Wildman–Crippen LogP) is 2.72. The van der Waals surface area contributed by atoms with Crippen LogP contribution >= 0.6 is 0 Å². The average Bonchev–Trinajstić information content (AvgIpc) is 2.77. The Morgan fingerprint density at radius 1 is 1.30 bits per heavy atom. The van der Waals surface area contributed by atoms with Gasteiger partial charge in [-0.1, -0.05) is 26.0 Å². The zero-order valence-electron chi connectivity index (χ0n) is 12.6. The molecule has 110 valence electrons. The van der Waals surface area contributed by atoms with Crippen LogP contribution in [0.1, 0.15) is 38.2 Å². The highest BCUT2D eigenvalue weighted by Crippen LogP contribution is 2.41. The van der Waals surface area contributed by atoms with E-state index in [1.165, 1.54) is 0 Å². The summed E-state index contributed by atoms with van der Waals surface area (Å²) in [6.45, 7) is 4.34. The molecular weight excluding hydrogens is 254 g/mol. The smallest absolute Gasteiger partial charge is 0.220 e. The van der Waals surface area contributed by atoms with E-state index in [1.54, 1.807) is 14.2 Å². The third-order valence-corrected chi connectivity index (χ3v) is 3.80. The van der Waals surface area contributed by atoms with E-state index in [1.807, 2.05) is 18.2 Å². The Hall–Kier alpha value is -1.71. The Morgan fingerprint density at radius 2 is 2.05 bits per heavy atom. The predicted molar refractivity (Wildman–Crippen MR) is 78.3 cm³/mol. The molecule has 2 rings (SSSR count). The van der Waals surface area contributed by atoms with Crippen LogP contribution in [0.4, 0.5) is 0 Å². The van der Waals surface area contributed by atoms with Gasteiger partial charge >= 0.3 is 0 Å². The minimum absolute atomic E-state index is 0.116. The van der Waals surface area contributed by atoms with Crippen molar-refractivity contribution in [3.05, 3.63) is 23.8 Å². The van der Waals surface area contributed by atoms with Crippen LogP contribution in [-0.2, 0) is 4.79 Å². The number of carbonyl (C=O) groups excluding carboxylic acids is 1. The number of methoxy groups -OCH3 is 2. The van der Waals surface area contributed by atoms with E-state index in [-0.39, 0.29) is 17.9 Å². The van der Waals surface area contributed by atoms with Gasteiger partial charge < -0.3 is 14.8 Å². The summed E-state index contributed by atoms with van der Waals surface area (Å²) in [6.07, 6.45) is 1.48. The van der Waals surface area contributed by atoms with Gasteiger partial charge in [0.1, 0.15) is 0 Å². The third-order valence-electron chi connectivity index (χ3n) is 3.80. The van der Waals surface area contributed by atoms with Crippen LogP contribution in [0.25, 0.3) is 0 Å². The summed E-state index contributed by atoms with van der Waals surface area (Å²) in [4.78, 5) is 11.8. The lowest BCUT2D eigenvalue weighted by Gasteiger charge is -2.23. The van der Waals surface area contributed by atoms with E-state index in [9.17, 15) is 4.79 Å². The third kappa shape index (κ3) is 2.89. The van der Waals surface area contributed by atoms with Crippen molar-refractivity contribution in [2.75, 3.05) is 14.2 Å². The lowest BCUT2D eigenvalue weighted by atomic mass is 9.86. The zero-order valence-corrected chi connectivity index (χ0v) is 12.6. The maximum Gasteiger partial charge on any atom is 0.220 e. The molecule has 1 N–H and O–H groups in total. The first kappa shape index (κ1) is 14.7. The number of nitrogens with one attached hydrogen (secondary N) is 1. The summed E-state index contributed by atoms with van der Waals surface area (Å²) in [5.74, 6) is 2.26. The highest BCUT2D eigenvalue weighted by Gasteiger charge is 2.35. The average molecular weight is 277 g/mol. The van der Waals surface area contributed by atoms with Crippen molar-refractivity contribution in [1.82, 2.24) is 5.32 Å². The largest absolute Gasteiger partial charge is 0.493 e. The van der Waals surface area contributed by atoms with Crippen molar-refractivity contribution >= 4 is 5.91 Å². The molecular formula is C16H23NO3. The first-order valence-corrected chi connectivity index (χ1v) is 7.07. The van der Waals surface area contributed by atoms with Gasteiger partial charge in [-0.05, 0) is 18.4 Å². The van der Waals surface area contributed by atoms with Crippen LogP contribution in [0.3, 0.4) is 0 Å². The fraction of sp³-hybridized carbons (Fsp3) is 0.562. The normalized spacial score (nSPS) is 21.9. The molecule has 1 aliphatic heterocycles. The molecule has 2 unspecified atom stereocenters. The summed E-state index contributed by atoms with van der Waals surface area (Å²) in [5.41, 5.74) is 1.05. The Kier molecular flexibility index (Phi) is 4.53. The second-order valence-electron chi connectivity index (χ2n) is 5.70. The molecule has 0 bridgehead atoms. The summed E-state index contributed by atoms with van der Waals surface area (Å²) in [5, 5.41) is 3.09. The van der Waals surface area contributed by atoms with Crippen LogP contribution in [0.15, 0.2) is 18.2 Å². The molecule has 1 heterocycles. The highest BCUT2D eigenvalue weighted by atomic mass is 16.5. The minimum atomic E-state index is 0.116. The molecule has 1 fully saturated rings. The van der Waals surface area contributed by atoms with E-state index < -0.39 is 0 Å². The Labute approximate surface area is 120 Å². The van der Waals surface area contributed by atoms with E-state index in [0.29, 0.717) is 18.1 Å². The second-order valence-corrected chi connectivity index (χ2v) is 5.70. The maximum absolute atomic E-state index is 11.8. The topological polar surface area (TPSA) is 47.6 Å².